The highest BCUT2D eigenvalue weighted by atomic mass is 32.1. The number of thiophene rings is 1. The molecule has 2 heterocycles. The van der Waals surface area contributed by atoms with Crippen molar-refractivity contribution < 1.29 is 19.2 Å². The molecule has 1 aliphatic rings. The number of quaternary nitrogens is 1. The van der Waals surface area contributed by atoms with Gasteiger partial charge in [0.05, 0.1) is 19.2 Å². The molecular weight excluding hydrogens is 384 g/mol. The molecule has 6 heteroatoms. The van der Waals surface area contributed by atoms with Crippen molar-refractivity contribution in [3.63, 3.8) is 0 Å². The first-order valence-electron chi connectivity index (χ1n) is 10.4. The van der Waals surface area contributed by atoms with Crippen LogP contribution in [0.4, 0.5) is 5.00 Å². The molecule has 5 nitrogen and oxygen atoms in total. The summed E-state index contributed by atoms with van der Waals surface area (Å²) in [7, 11) is 0. The first kappa shape index (κ1) is 21.5. The van der Waals surface area contributed by atoms with Crippen molar-refractivity contribution in [2.24, 2.45) is 0 Å². The molecule has 1 aromatic carbocycles. The number of esters is 1. The van der Waals surface area contributed by atoms with E-state index < -0.39 is 5.97 Å². The molecule has 0 saturated carbocycles. The number of nitrogens with one attached hydrogen (secondary N) is 2. The average Bonchev–Trinajstić information content (AvgIpc) is 3.07. The van der Waals surface area contributed by atoms with Crippen LogP contribution in [0.2, 0.25) is 0 Å². The molecule has 156 valence electrons. The molecule has 2 N–H and O–H groups in total. The summed E-state index contributed by atoms with van der Waals surface area (Å²) >= 11 is 1.39. The second-order valence-electron chi connectivity index (χ2n) is 7.92. The molecule has 1 saturated heterocycles. The molecule has 3 rings (SSSR count). The summed E-state index contributed by atoms with van der Waals surface area (Å²) in [4.78, 5) is 26.8. The van der Waals surface area contributed by atoms with Gasteiger partial charge in [-0.1, -0.05) is 23.8 Å². The molecule has 2 aromatic rings. The highest BCUT2D eigenvalue weighted by Crippen LogP contribution is 2.37. The second-order valence-corrected chi connectivity index (χ2v) is 8.80. The summed E-state index contributed by atoms with van der Waals surface area (Å²) in [6.45, 7) is 9.83. The zero-order valence-electron chi connectivity index (χ0n) is 17.8. The van der Waals surface area contributed by atoms with Crippen molar-refractivity contribution in [1.82, 2.24) is 0 Å². The Hall–Kier alpha value is -2.18. The van der Waals surface area contributed by atoms with Gasteiger partial charge in [0.2, 0.25) is 0 Å². The van der Waals surface area contributed by atoms with E-state index in [1.165, 1.54) is 28.2 Å². The molecule has 0 radical (unpaired) electrons. The van der Waals surface area contributed by atoms with E-state index in [0.717, 1.165) is 36.1 Å². The van der Waals surface area contributed by atoms with Gasteiger partial charge >= 0.3 is 5.97 Å². The van der Waals surface area contributed by atoms with Crippen LogP contribution in [0, 0.1) is 13.8 Å². The summed E-state index contributed by atoms with van der Waals surface area (Å²) < 4.78 is 5.31. The number of benzene rings is 1. The standard InChI is InChI=1S/C23H30N2O3S/c1-5-28-23(27)21-19(18-10-9-15(2)12-16(18)3)14-29-22(21)24-20(26)13-25-11-7-6-8-17(25)4/h9-10,12,14,17H,5-8,11,13H2,1-4H3,(H,24,26)/p+1/t17-/m0/s1. The lowest BCUT2D eigenvalue weighted by atomic mass is 9.97. The lowest BCUT2D eigenvalue weighted by Gasteiger charge is -2.29. The fourth-order valence-corrected chi connectivity index (χ4v) is 5.03. The summed E-state index contributed by atoms with van der Waals surface area (Å²) in [5.41, 5.74) is 4.54. The normalized spacial score (nSPS) is 19.0. The molecule has 0 bridgehead atoms. The predicted octanol–water partition coefficient (Wildman–Crippen LogP) is 3.60. The van der Waals surface area contributed by atoms with Crippen LogP contribution in [-0.4, -0.2) is 37.6 Å². The van der Waals surface area contributed by atoms with Crippen LogP contribution in [0.3, 0.4) is 0 Å². The Morgan fingerprint density at radius 3 is 2.72 bits per heavy atom. The number of ether oxygens (including phenoxy) is 1. The summed E-state index contributed by atoms with van der Waals surface area (Å²) in [6, 6.07) is 6.66. The maximum Gasteiger partial charge on any atom is 0.341 e. The van der Waals surface area contributed by atoms with Crippen LogP contribution in [0.5, 0.6) is 0 Å². The van der Waals surface area contributed by atoms with E-state index in [1.807, 2.05) is 31.4 Å². The minimum Gasteiger partial charge on any atom is -0.462 e. The van der Waals surface area contributed by atoms with Crippen LogP contribution in [0.15, 0.2) is 23.6 Å². The Morgan fingerprint density at radius 1 is 1.24 bits per heavy atom. The molecule has 29 heavy (non-hydrogen) atoms. The fourth-order valence-electron chi connectivity index (χ4n) is 4.06. The van der Waals surface area contributed by atoms with Gasteiger partial charge in [-0.05, 0) is 58.1 Å². The second kappa shape index (κ2) is 9.55. The Labute approximate surface area is 177 Å². The lowest BCUT2D eigenvalue weighted by Crippen LogP contribution is -3.17. The third kappa shape index (κ3) is 5.06. The fraction of sp³-hybridized carbons (Fsp3) is 0.478. The number of likely N-dealkylation sites (tertiary alicyclic amines) is 1. The summed E-state index contributed by atoms with van der Waals surface area (Å²) in [6.07, 6.45) is 3.56. The highest BCUT2D eigenvalue weighted by Gasteiger charge is 2.27. The third-order valence-electron chi connectivity index (χ3n) is 5.67. The average molecular weight is 416 g/mol. The largest absolute Gasteiger partial charge is 0.462 e. The molecule has 1 fully saturated rings. The zero-order chi connectivity index (χ0) is 21.0. The number of anilines is 1. The van der Waals surface area contributed by atoms with E-state index in [-0.39, 0.29) is 5.91 Å². The molecule has 2 atom stereocenters. The number of piperidine rings is 1. The van der Waals surface area contributed by atoms with Gasteiger partial charge in [0.25, 0.3) is 5.91 Å². The van der Waals surface area contributed by atoms with Gasteiger partial charge in [0.1, 0.15) is 10.6 Å². The number of rotatable bonds is 6. The SMILES string of the molecule is CCOC(=O)c1c(-c2ccc(C)cc2C)csc1NC(=O)C[NH+]1CCCC[C@@H]1C. The number of hydrogen-bond acceptors (Lipinski definition) is 4. The van der Waals surface area contributed by atoms with Crippen LogP contribution in [0.25, 0.3) is 11.1 Å². The third-order valence-corrected chi connectivity index (χ3v) is 6.56. The number of hydrogen-bond donors (Lipinski definition) is 2. The predicted molar refractivity (Wildman–Crippen MR) is 118 cm³/mol. The topological polar surface area (TPSA) is 59.8 Å². The van der Waals surface area contributed by atoms with Crippen molar-refractivity contribution in [1.29, 1.82) is 0 Å². The first-order chi connectivity index (χ1) is 13.9. The maximum absolute atomic E-state index is 12.8. The molecule has 1 aliphatic heterocycles. The Kier molecular flexibility index (Phi) is 7.09. The molecule has 1 amide bonds. The molecule has 1 unspecified atom stereocenters. The van der Waals surface area contributed by atoms with Crippen LogP contribution >= 0.6 is 11.3 Å². The Balaban J connectivity index is 1.87. The van der Waals surface area contributed by atoms with Crippen molar-refractivity contribution >= 4 is 28.2 Å². The number of aryl methyl sites for hydroxylation is 2. The van der Waals surface area contributed by atoms with Crippen LogP contribution < -0.4 is 10.2 Å². The summed E-state index contributed by atoms with van der Waals surface area (Å²) in [5, 5.41) is 5.51. The van der Waals surface area contributed by atoms with Crippen LogP contribution in [0.1, 0.15) is 54.6 Å². The number of amides is 1. The van der Waals surface area contributed by atoms with Crippen LogP contribution in [-0.2, 0) is 9.53 Å². The molecule has 0 aliphatic carbocycles. The van der Waals surface area contributed by atoms with E-state index in [2.05, 4.69) is 18.3 Å². The van der Waals surface area contributed by atoms with Gasteiger partial charge < -0.3 is 15.0 Å². The van der Waals surface area contributed by atoms with E-state index in [0.29, 0.717) is 29.8 Å². The quantitative estimate of drug-likeness (QED) is 0.709. The van der Waals surface area contributed by atoms with Gasteiger partial charge in [0, 0.05) is 10.9 Å². The maximum atomic E-state index is 12.8. The zero-order valence-corrected chi connectivity index (χ0v) is 18.6. The number of carbonyl (C=O) groups is 2. The van der Waals surface area contributed by atoms with E-state index in [4.69, 9.17) is 4.74 Å². The van der Waals surface area contributed by atoms with Crippen molar-refractivity contribution in [3.8, 4) is 11.1 Å². The monoisotopic (exact) mass is 415 g/mol. The molecule has 1 aromatic heterocycles. The van der Waals surface area contributed by atoms with Gasteiger partial charge in [-0.25, -0.2) is 4.79 Å². The van der Waals surface area contributed by atoms with Crippen molar-refractivity contribution in [2.45, 2.75) is 53.0 Å². The highest BCUT2D eigenvalue weighted by molar-refractivity contribution is 7.15. The van der Waals surface area contributed by atoms with E-state index >= 15 is 0 Å². The van der Waals surface area contributed by atoms with E-state index in [1.54, 1.807) is 6.92 Å². The van der Waals surface area contributed by atoms with E-state index in [9.17, 15) is 9.59 Å². The molecular formula is C23H31N2O3S+. The van der Waals surface area contributed by atoms with Gasteiger partial charge in [0.15, 0.2) is 6.54 Å². The minimum atomic E-state index is -0.391. The van der Waals surface area contributed by atoms with Crippen molar-refractivity contribution in [2.75, 3.05) is 25.0 Å². The minimum absolute atomic E-state index is 0.0478. The summed E-state index contributed by atoms with van der Waals surface area (Å²) in [5.74, 6) is -0.439. The number of carbonyl (C=O) groups excluding carboxylic acids is 2. The smallest absolute Gasteiger partial charge is 0.341 e. The molecule has 0 spiro atoms. The van der Waals surface area contributed by atoms with Gasteiger partial charge in [-0.3, -0.25) is 4.79 Å². The van der Waals surface area contributed by atoms with Crippen molar-refractivity contribution in [3.05, 3.63) is 40.3 Å². The van der Waals surface area contributed by atoms with Gasteiger partial charge in [-0.15, -0.1) is 11.3 Å². The Bertz CT molecular complexity index is 890. The van der Waals surface area contributed by atoms with Gasteiger partial charge in [-0.2, -0.15) is 0 Å². The Morgan fingerprint density at radius 2 is 2.03 bits per heavy atom. The first-order valence-corrected chi connectivity index (χ1v) is 11.3. The lowest BCUT2D eigenvalue weighted by molar-refractivity contribution is -0.920.